The molecule has 0 aromatic carbocycles. The van der Waals surface area contributed by atoms with Crippen LogP contribution in [0.4, 0.5) is 5.82 Å². The van der Waals surface area contributed by atoms with Crippen molar-refractivity contribution in [1.82, 2.24) is 20.5 Å². The summed E-state index contributed by atoms with van der Waals surface area (Å²) < 4.78 is 5.38. The molecule has 30 heavy (non-hydrogen) atoms. The highest BCUT2D eigenvalue weighted by Gasteiger charge is 2.21. The standard InChI is InChI=1S/C21H30N6O2.HI/c1-26(2)20(28)16-24-21(23-12-8-18-6-5-15-29-18)25-17-9-13-27(14-10-17)19-7-3-4-11-22-19;/h3-7,11,15,17H,8-10,12-14,16H2,1-2H3,(H2,23,24,25);1H. The van der Waals surface area contributed by atoms with Crippen LogP contribution in [-0.4, -0.2) is 68.1 Å². The molecule has 8 nitrogen and oxygen atoms in total. The summed E-state index contributed by atoms with van der Waals surface area (Å²) >= 11 is 0. The highest BCUT2D eigenvalue weighted by atomic mass is 127. The molecule has 9 heteroatoms. The third-order valence-electron chi connectivity index (χ3n) is 4.92. The normalized spacial score (nSPS) is 14.7. The van der Waals surface area contributed by atoms with Crippen LogP contribution in [0.5, 0.6) is 0 Å². The first-order valence-electron chi connectivity index (χ1n) is 10.0. The number of aromatic nitrogens is 1. The fraction of sp³-hybridized carbons (Fsp3) is 0.476. The Morgan fingerprint density at radius 1 is 1.27 bits per heavy atom. The Morgan fingerprint density at radius 2 is 2.07 bits per heavy atom. The molecule has 1 amide bonds. The van der Waals surface area contributed by atoms with Gasteiger partial charge in [0, 0.05) is 52.4 Å². The summed E-state index contributed by atoms with van der Waals surface area (Å²) in [6.07, 6.45) is 6.23. The number of piperidine rings is 1. The second kappa shape index (κ2) is 12.4. The number of nitrogens with one attached hydrogen (secondary N) is 2. The minimum absolute atomic E-state index is 0. The molecule has 1 saturated heterocycles. The minimum Gasteiger partial charge on any atom is -0.469 e. The second-order valence-electron chi connectivity index (χ2n) is 7.30. The van der Waals surface area contributed by atoms with Crippen LogP contribution in [0.3, 0.4) is 0 Å². The third-order valence-corrected chi connectivity index (χ3v) is 4.92. The van der Waals surface area contributed by atoms with Crippen LogP contribution in [0.15, 0.2) is 52.2 Å². The van der Waals surface area contributed by atoms with E-state index in [0.717, 1.165) is 43.9 Å². The predicted molar refractivity (Wildman–Crippen MR) is 129 cm³/mol. The molecule has 2 aromatic rings. The van der Waals surface area contributed by atoms with Crippen LogP contribution in [0.2, 0.25) is 0 Å². The molecule has 1 aliphatic heterocycles. The molecule has 0 unspecified atom stereocenters. The van der Waals surface area contributed by atoms with Gasteiger partial charge in [0.05, 0.1) is 6.26 Å². The molecule has 164 valence electrons. The van der Waals surface area contributed by atoms with Gasteiger partial charge < -0.3 is 24.9 Å². The van der Waals surface area contributed by atoms with Crippen LogP contribution < -0.4 is 15.5 Å². The third kappa shape index (κ3) is 7.51. The smallest absolute Gasteiger partial charge is 0.243 e. The number of aliphatic imine (C=N–C) groups is 1. The van der Waals surface area contributed by atoms with Crippen molar-refractivity contribution in [1.29, 1.82) is 0 Å². The van der Waals surface area contributed by atoms with Gasteiger partial charge >= 0.3 is 0 Å². The van der Waals surface area contributed by atoms with E-state index in [1.165, 1.54) is 0 Å². The fourth-order valence-corrected chi connectivity index (χ4v) is 3.19. The lowest BCUT2D eigenvalue weighted by Gasteiger charge is -2.33. The number of carbonyl (C=O) groups is 1. The van der Waals surface area contributed by atoms with E-state index in [4.69, 9.17) is 4.42 Å². The van der Waals surface area contributed by atoms with E-state index in [2.05, 4.69) is 25.5 Å². The fourth-order valence-electron chi connectivity index (χ4n) is 3.19. The van der Waals surface area contributed by atoms with Gasteiger partial charge in [0.1, 0.15) is 18.1 Å². The highest BCUT2D eigenvalue weighted by Crippen LogP contribution is 2.17. The number of hydrogen-bond donors (Lipinski definition) is 2. The summed E-state index contributed by atoms with van der Waals surface area (Å²) in [6.45, 7) is 2.67. The Hall–Kier alpha value is -2.30. The molecule has 2 N–H and O–H groups in total. The van der Waals surface area contributed by atoms with Gasteiger partial charge in [0.15, 0.2) is 5.96 Å². The van der Waals surface area contributed by atoms with Crippen molar-refractivity contribution < 1.29 is 9.21 Å². The summed E-state index contributed by atoms with van der Waals surface area (Å²) in [5.74, 6) is 2.59. The number of furan rings is 1. The number of halogens is 1. The molecular weight excluding hydrogens is 495 g/mol. The van der Waals surface area contributed by atoms with Crippen LogP contribution in [0.25, 0.3) is 0 Å². The molecule has 0 aliphatic carbocycles. The topological polar surface area (TPSA) is 86.0 Å². The molecule has 3 rings (SSSR count). The first-order valence-corrected chi connectivity index (χ1v) is 10.0. The Morgan fingerprint density at radius 3 is 2.70 bits per heavy atom. The van der Waals surface area contributed by atoms with Crippen LogP contribution in [-0.2, 0) is 11.2 Å². The Labute approximate surface area is 195 Å². The molecule has 0 atom stereocenters. The maximum Gasteiger partial charge on any atom is 0.243 e. The van der Waals surface area contributed by atoms with E-state index in [0.29, 0.717) is 18.5 Å². The molecule has 3 heterocycles. The van der Waals surface area contributed by atoms with Gasteiger partial charge in [-0.25, -0.2) is 9.98 Å². The van der Waals surface area contributed by atoms with Crippen LogP contribution >= 0.6 is 24.0 Å². The summed E-state index contributed by atoms with van der Waals surface area (Å²) in [7, 11) is 3.48. The first-order chi connectivity index (χ1) is 14.1. The average Bonchev–Trinajstić information content (AvgIpc) is 3.26. The maximum absolute atomic E-state index is 11.9. The number of guanidine groups is 1. The summed E-state index contributed by atoms with van der Waals surface area (Å²) in [5.41, 5.74) is 0. The Balaban J connectivity index is 0.00000320. The minimum atomic E-state index is -0.0258. The number of hydrogen-bond acceptors (Lipinski definition) is 5. The van der Waals surface area contributed by atoms with E-state index in [-0.39, 0.29) is 36.4 Å². The number of anilines is 1. The van der Waals surface area contributed by atoms with Crippen molar-refractivity contribution in [3.8, 4) is 0 Å². The van der Waals surface area contributed by atoms with Crippen molar-refractivity contribution in [2.24, 2.45) is 4.99 Å². The lowest BCUT2D eigenvalue weighted by molar-refractivity contribution is -0.127. The van der Waals surface area contributed by atoms with E-state index < -0.39 is 0 Å². The molecule has 1 aliphatic rings. The first kappa shape index (κ1) is 24.0. The number of rotatable bonds is 7. The predicted octanol–water partition coefficient (Wildman–Crippen LogP) is 2.13. The highest BCUT2D eigenvalue weighted by molar-refractivity contribution is 14.0. The summed E-state index contributed by atoms with van der Waals surface area (Å²) in [6, 6.07) is 10.1. The molecule has 0 spiro atoms. The Kier molecular flexibility index (Phi) is 9.92. The van der Waals surface area contributed by atoms with Crippen molar-refractivity contribution in [3.63, 3.8) is 0 Å². The number of amides is 1. The molecule has 0 saturated carbocycles. The molecule has 0 bridgehead atoms. The molecule has 0 radical (unpaired) electrons. The van der Waals surface area contributed by atoms with Gasteiger partial charge in [-0.1, -0.05) is 6.07 Å². The van der Waals surface area contributed by atoms with Crippen molar-refractivity contribution in [2.75, 3.05) is 45.2 Å². The van der Waals surface area contributed by atoms with Crippen molar-refractivity contribution in [2.45, 2.75) is 25.3 Å². The van der Waals surface area contributed by atoms with E-state index in [9.17, 15) is 4.79 Å². The van der Waals surface area contributed by atoms with Gasteiger partial charge in [0.2, 0.25) is 5.91 Å². The zero-order valence-corrected chi connectivity index (χ0v) is 19.9. The van der Waals surface area contributed by atoms with Gasteiger partial charge in [-0.15, -0.1) is 24.0 Å². The van der Waals surface area contributed by atoms with Crippen LogP contribution in [0.1, 0.15) is 18.6 Å². The zero-order valence-electron chi connectivity index (χ0n) is 17.6. The van der Waals surface area contributed by atoms with E-state index >= 15 is 0 Å². The average molecular weight is 526 g/mol. The monoisotopic (exact) mass is 526 g/mol. The molecule has 1 fully saturated rings. The second-order valence-corrected chi connectivity index (χ2v) is 7.30. The summed E-state index contributed by atoms with van der Waals surface area (Å²) in [5, 5.41) is 6.82. The number of carbonyl (C=O) groups excluding carboxylic acids is 1. The number of likely N-dealkylation sites (N-methyl/N-ethyl adjacent to an activating group) is 1. The lowest BCUT2D eigenvalue weighted by Crippen LogP contribution is -2.49. The molecule has 2 aromatic heterocycles. The van der Waals surface area contributed by atoms with Crippen molar-refractivity contribution in [3.05, 3.63) is 48.6 Å². The number of nitrogens with zero attached hydrogens (tertiary/aromatic N) is 4. The van der Waals surface area contributed by atoms with Gasteiger partial charge in [0.25, 0.3) is 0 Å². The summed E-state index contributed by atoms with van der Waals surface area (Å²) in [4.78, 5) is 24.7. The van der Waals surface area contributed by atoms with Gasteiger partial charge in [-0.3, -0.25) is 4.79 Å². The van der Waals surface area contributed by atoms with E-state index in [1.807, 2.05) is 36.5 Å². The zero-order chi connectivity index (χ0) is 20.5. The van der Waals surface area contributed by atoms with Gasteiger partial charge in [-0.2, -0.15) is 0 Å². The SMILES string of the molecule is CN(C)C(=O)CN=C(NCCc1ccco1)NC1CCN(c2ccccn2)CC1.I. The van der Waals surface area contributed by atoms with Gasteiger partial charge in [-0.05, 0) is 37.1 Å². The molecular formula is C21H31IN6O2. The largest absolute Gasteiger partial charge is 0.469 e. The lowest BCUT2D eigenvalue weighted by atomic mass is 10.1. The quantitative estimate of drug-likeness (QED) is 0.327. The Bertz CT molecular complexity index is 774. The van der Waals surface area contributed by atoms with Crippen molar-refractivity contribution >= 4 is 41.7 Å². The number of pyridine rings is 1. The van der Waals surface area contributed by atoms with Crippen LogP contribution in [0, 0.1) is 0 Å². The maximum atomic E-state index is 11.9. The van der Waals surface area contributed by atoms with E-state index in [1.54, 1.807) is 25.3 Å².